The van der Waals surface area contributed by atoms with Crippen molar-refractivity contribution >= 4 is 5.97 Å². The predicted molar refractivity (Wildman–Crippen MR) is 43.3 cm³/mol. The first-order chi connectivity index (χ1) is 4.84. The molecule has 0 saturated heterocycles. The molecule has 1 fully saturated rings. The number of carboxylic acid groups (broad SMARTS) is 1. The highest BCUT2D eigenvalue weighted by molar-refractivity contribution is 5.80. The Kier molecular flexibility index (Phi) is 1.41. The third-order valence-electron chi connectivity index (χ3n) is 3.21. The molecule has 0 radical (unpaired) electrons. The molecule has 0 aliphatic heterocycles. The maximum atomic E-state index is 10.8. The Labute approximate surface area is 66.9 Å². The van der Waals surface area contributed by atoms with E-state index in [-0.39, 0.29) is 5.41 Å². The van der Waals surface area contributed by atoms with Crippen LogP contribution in [0, 0.1) is 10.8 Å². The lowest BCUT2D eigenvalue weighted by Crippen LogP contribution is -2.18. The largest absolute Gasteiger partial charge is 0.481 e. The molecule has 1 saturated carbocycles. The van der Waals surface area contributed by atoms with Crippen molar-refractivity contribution in [2.75, 3.05) is 0 Å². The SMILES string of the molecule is C=C(C)[C@]1(C)C[C@]1(C)C(=O)O. The van der Waals surface area contributed by atoms with Crippen molar-refractivity contribution < 1.29 is 9.90 Å². The second kappa shape index (κ2) is 1.87. The quantitative estimate of drug-likeness (QED) is 0.618. The molecule has 0 aromatic rings. The molecule has 11 heavy (non-hydrogen) atoms. The van der Waals surface area contributed by atoms with E-state index < -0.39 is 11.4 Å². The molecule has 1 N–H and O–H groups in total. The summed E-state index contributed by atoms with van der Waals surface area (Å²) in [5, 5.41) is 8.86. The lowest BCUT2D eigenvalue weighted by molar-refractivity contribution is -0.143. The van der Waals surface area contributed by atoms with Crippen LogP contribution in [0.2, 0.25) is 0 Å². The van der Waals surface area contributed by atoms with Crippen molar-refractivity contribution in [1.82, 2.24) is 0 Å². The van der Waals surface area contributed by atoms with Gasteiger partial charge in [-0.15, -0.1) is 0 Å². The van der Waals surface area contributed by atoms with E-state index in [0.29, 0.717) is 0 Å². The van der Waals surface area contributed by atoms with Gasteiger partial charge in [0.2, 0.25) is 0 Å². The lowest BCUT2D eigenvalue weighted by Gasteiger charge is -2.14. The summed E-state index contributed by atoms with van der Waals surface area (Å²) in [6.45, 7) is 9.44. The monoisotopic (exact) mass is 154 g/mol. The summed E-state index contributed by atoms with van der Waals surface area (Å²) in [5.74, 6) is -0.706. The summed E-state index contributed by atoms with van der Waals surface area (Å²) in [6, 6.07) is 0. The molecule has 0 amide bonds. The Balaban J connectivity index is 2.87. The van der Waals surface area contributed by atoms with E-state index in [4.69, 9.17) is 5.11 Å². The molecule has 2 atom stereocenters. The van der Waals surface area contributed by atoms with E-state index in [1.807, 2.05) is 13.8 Å². The van der Waals surface area contributed by atoms with Gasteiger partial charge in [0.1, 0.15) is 0 Å². The second-order valence-corrected chi connectivity index (χ2v) is 3.93. The number of hydrogen-bond acceptors (Lipinski definition) is 1. The van der Waals surface area contributed by atoms with Crippen LogP contribution in [0.15, 0.2) is 12.2 Å². The van der Waals surface area contributed by atoms with Gasteiger partial charge in [0.25, 0.3) is 0 Å². The maximum Gasteiger partial charge on any atom is 0.310 e. The molecule has 0 aromatic carbocycles. The van der Waals surface area contributed by atoms with Crippen molar-refractivity contribution in [2.24, 2.45) is 10.8 Å². The molecule has 1 aliphatic rings. The average molecular weight is 154 g/mol. The van der Waals surface area contributed by atoms with Crippen LogP contribution in [-0.2, 0) is 4.79 Å². The van der Waals surface area contributed by atoms with Gasteiger partial charge in [0.05, 0.1) is 5.41 Å². The van der Waals surface area contributed by atoms with Crippen LogP contribution in [0.3, 0.4) is 0 Å². The van der Waals surface area contributed by atoms with Gasteiger partial charge in [0.15, 0.2) is 0 Å². The Bertz CT molecular complexity index is 208. The molecule has 0 aromatic heterocycles. The van der Waals surface area contributed by atoms with Gasteiger partial charge in [-0.1, -0.05) is 19.1 Å². The Hall–Kier alpha value is -0.790. The minimum atomic E-state index is -0.706. The zero-order chi connectivity index (χ0) is 8.86. The molecular weight excluding hydrogens is 140 g/mol. The minimum absolute atomic E-state index is 0.168. The lowest BCUT2D eigenvalue weighted by atomic mass is 9.90. The fourth-order valence-electron chi connectivity index (χ4n) is 1.60. The topological polar surface area (TPSA) is 37.3 Å². The molecule has 1 aliphatic carbocycles. The fraction of sp³-hybridized carbons (Fsp3) is 0.667. The number of aliphatic carboxylic acids is 1. The maximum absolute atomic E-state index is 10.8. The van der Waals surface area contributed by atoms with Crippen LogP contribution < -0.4 is 0 Å². The minimum Gasteiger partial charge on any atom is -0.481 e. The van der Waals surface area contributed by atoms with Crippen molar-refractivity contribution in [3.63, 3.8) is 0 Å². The smallest absolute Gasteiger partial charge is 0.310 e. The summed E-state index contributed by atoms with van der Waals surface area (Å²) in [5.41, 5.74) is 0.250. The molecule has 1 rings (SSSR count). The van der Waals surface area contributed by atoms with Gasteiger partial charge in [-0.25, -0.2) is 0 Å². The number of carbonyl (C=O) groups is 1. The zero-order valence-electron chi connectivity index (χ0n) is 7.27. The first-order valence-corrected chi connectivity index (χ1v) is 3.74. The van der Waals surface area contributed by atoms with E-state index in [9.17, 15) is 4.79 Å². The Morgan fingerprint density at radius 1 is 1.45 bits per heavy atom. The normalized spacial score (nSPS) is 41.7. The Morgan fingerprint density at radius 3 is 2.00 bits per heavy atom. The van der Waals surface area contributed by atoms with Gasteiger partial charge in [0, 0.05) is 5.41 Å². The molecular formula is C9H14O2. The fourth-order valence-corrected chi connectivity index (χ4v) is 1.60. The van der Waals surface area contributed by atoms with E-state index >= 15 is 0 Å². The van der Waals surface area contributed by atoms with Gasteiger partial charge in [-0.3, -0.25) is 4.79 Å². The van der Waals surface area contributed by atoms with Crippen LogP contribution in [-0.4, -0.2) is 11.1 Å². The number of allylic oxidation sites excluding steroid dienone is 1. The molecule has 0 bridgehead atoms. The Morgan fingerprint density at radius 2 is 1.91 bits per heavy atom. The summed E-state index contributed by atoms with van der Waals surface area (Å²) in [6.07, 6.45) is 0.727. The van der Waals surface area contributed by atoms with E-state index in [1.54, 1.807) is 6.92 Å². The first-order valence-electron chi connectivity index (χ1n) is 3.74. The van der Waals surface area contributed by atoms with Crippen molar-refractivity contribution in [3.8, 4) is 0 Å². The standard InChI is InChI=1S/C9H14O2/c1-6(2)8(3)5-9(8,4)7(10)11/h1,5H2,2-4H3,(H,10,11)/t8-,9+/m0/s1. The highest BCUT2D eigenvalue weighted by Gasteiger charge is 2.66. The van der Waals surface area contributed by atoms with Crippen LogP contribution in [0.5, 0.6) is 0 Å². The van der Waals surface area contributed by atoms with Crippen LogP contribution in [0.25, 0.3) is 0 Å². The molecule has 2 nitrogen and oxygen atoms in total. The number of hydrogen-bond donors (Lipinski definition) is 1. The third kappa shape index (κ3) is 0.817. The average Bonchev–Trinajstić information content (AvgIpc) is 2.39. The highest BCUT2D eigenvalue weighted by Crippen LogP contribution is 2.67. The summed E-state index contributed by atoms with van der Waals surface area (Å²) >= 11 is 0. The van der Waals surface area contributed by atoms with Crippen molar-refractivity contribution in [2.45, 2.75) is 27.2 Å². The molecule has 2 heteroatoms. The molecule has 0 unspecified atom stereocenters. The predicted octanol–water partition coefficient (Wildman–Crippen LogP) is 2.06. The van der Waals surface area contributed by atoms with Gasteiger partial charge in [-0.05, 0) is 20.3 Å². The summed E-state index contributed by atoms with van der Waals surface area (Å²) < 4.78 is 0. The second-order valence-electron chi connectivity index (χ2n) is 3.93. The van der Waals surface area contributed by atoms with Crippen LogP contribution in [0.1, 0.15) is 27.2 Å². The number of carboxylic acids is 1. The summed E-state index contributed by atoms with van der Waals surface area (Å²) in [4.78, 5) is 10.8. The van der Waals surface area contributed by atoms with Crippen LogP contribution in [0.4, 0.5) is 0 Å². The zero-order valence-corrected chi connectivity index (χ0v) is 7.27. The van der Waals surface area contributed by atoms with Crippen molar-refractivity contribution in [1.29, 1.82) is 0 Å². The van der Waals surface area contributed by atoms with E-state index in [2.05, 4.69) is 6.58 Å². The van der Waals surface area contributed by atoms with E-state index in [0.717, 1.165) is 12.0 Å². The van der Waals surface area contributed by atoms with Gasteiger partial charge < -0.3 is 5.11 Å². The third-order valence-corrected chi connectivity index (χ3v) is 3.21. The van der Waals surface area contributed by atoms with Gasteiger partial charge >= 0.3 is 5.97 Å². The highest BCUT2D eigenvalue weighted by atomic mass is 16.4. The van der Waals surface area contributed by atoms with E-state index in [1.165, 1.54) is 0 Å². The molecule has 62 valence electrons. The number of rotatable bonds is 2. The molecule has 0 heterocycles. The summed E-state index contributed by atoms with van der Waals surface area (Å²) in [7, 11) is 0. The van der Waals surface area contributed by atoms with Crippen molar-refractivity contribution in [3.05, 3.63) is 12.2 Å². The van der Waals surface area contributed by atoms with Gasteiger partial charge in [-0.2, -0.15) is 0 Å². The first kappa shape index (κ1) is 8.31. The van der Waals surface area contributed by atoms with Crippen LogP contribution >= 0.6 is 0 Å². The molecule has 0 spiro atoms.